The number of ether oxygens (including phenoxy) is 1. The molecule has 0 amide bonds. The van der Waals surface area contributed by atoms with Gasteiger partial charge in [0.1, 0.15) is 17.2 Å². The molecule has 0 aromatic carbocycles. The molecule has 0 atom stereocenters. The normalized spacial score (nSPS) is 12.1. The first kappa shape index (κ1) is 22.2. The summed E-state index contributed by atoms with van der Waals surface area (Å²) in [4.78, 5) is 19.5. The van der Waals surface area contributed by atoms with Gasteiger partial charge in [-0.2, -0.15) is 36.3 Å². The number of anilines is 2. The van der Waals surface area contributed by atoms with Crippen LogP contribution in [0, 0.1) is 0 Å². The third-order valence-corrected chi connectivity index (χ3v) is 4.39. The highest BCUT2D eigenvalue weighted by Gasteiger charge is 2.35. The van der Waals surface area contributed by atoms with E-state index in [4.69, 9.17) is 4.74 Å². The molecule has 4 rings (SSSR count). The maximum absolute atomic E-state index is 13.4. The Kier molecular flexibility index (Phi) is 5.47. The third-order valence-electron chi connectivity index (χ3n) is 4.39. The predicted octanol–water partition coefficient (Wildman–Crippen LogP) is 5.27. The van der Waals surface area contributed by atoms with E-state index >= 15 is 0 Å². The summed E-state index contributed by atoms with van der Waals surface area (Å²) in [6.45, 7) is 0. The number of pyridine rings is 3. The minimum absolute atomic E-state index is 0.0134. The van der Waals surface area contributed by atoms with Crippen LogP contribution >= 0.6 is 0 Å². The number of halogens is 6. The molecule has 0 aliphatic heterocycles. The van der Waals surface area contributed by atoms with Gasteiger partial charge in [-0.05, 0) is 36.4 Å². The fourth-order valence-corrected chi connectivity index (χ4v) is 2.92. The molecule has 0 aliphatic rings. The second kappa shape index (κ2) is 8.15. The summed E-state index contributed by atoms with van der Waals surface area (Å²) in [5.41, 5.74) is -2.34. The van der Waals surface area contributed by atoms with Gasteiger partial charge in [-0.25, -0.2) is 9.97 Å². The van der Waals surface area contributed by atoms with Crippen molar-refractivity contribution in [1.29, 1.82) is 0 Å². The topological polar surface area (TPSA) is 85.7 Å². The number of aromatic nitrogens is 5. The molecule has 33 heavy (non-hydrogen) atoms. The highest BCUT2D eigenvalue weighted by Crippen LogP contribution is 2.36. The first-order valence-electron chi connectivity index (χ1n) is 9.12. The molecule has 4 aromatic heterocycles. The summed E-state index contributed by atoms with van der Waals surface area (Å²) < 4.78 is 83.3. The van der Waals surface area contributed by atoms with Crippen molar-refractivity contribution in [2.24, 2.45) is 0 Å². The van der Waals surface area contributed by atoms with Crippen LogP contribution in [0.3, 0.4) is 0 Å². The molecule has 0 saturated heterocycles. The van der Waals surface area contributed by atoms with Crippen molar-refractivity contribution in [2.45, 2.75) is 12.4 Å². The van der Waals surface area contributed by atoms with E-state index in [-0.39, 0.29) is 39.9 Å². The summed E-state index contributed by atoms with van der Waals surface area (Å²) in [7, 11) is 1.27. The van der Waals surface area contributed by atoms with E-state index in [0.717, 1.165) is 24.4 Å². The van der Waals surface area contributed by atoms with E-state index in [1.54, 1.807) is 0 Å². The van der Waals surface area contributed by atoms with Gasteiger partial charge in [0.15, 0.2) is 5.65 Å². The highest BCUT2D eigenvalue weighted by atomic mass is 19.4. The minimum atomic E-state index is -4.65. The quantitative estimate of drug-likeness (QED) is 0.410. The molecule has 0 spiro atoms. The van der Waals surface area contributed by atoms with Gasteiger partial charge in [0, 0.05) is 6.20 Å². The Morgan fingerprint density at radius 1 is 0.848 bits per heavy atom. The summed E-state index contributed by atoms with van der Waals surface area (Å²) in [5, 5.41) is 3.08. The van der Waals surface area contributed by atoms with Crippen molar-refractivity contribution in [1.82, 2.24) is 24.9 Å². The number of fused-ring (bicyclic) bond motifs is 1. The number of nitrogens with one attached hydrogen (secondary N) is 1. The standard InChI is InChI=1S/C20H12F6N6O/c1-33-18-31-16(29-10-4-7-14(28-9-10)20(24,25)26)11-5-6-13(30-17(11)32-18)15-12(19(21,22)23)3-2-8-27-15/h2-9H,1H3,(H,29,30,31,32). The zero-order chi connectivity index (χ0) is 23.8. The SMILES string of the molecule is COc1nc(Nc2ccc(C(F)(F)F)nc2)c2ccc(-c3ncccc3C(F)(F)F)nc2n1. The van der Waals surface area contributed by atoms with E-state index in [9.17, 15) is 26.3 Å². The molecule has 0 fully saturated rings. The smallest absolute Gasteiger partial charge is 0.433 e. The van der Waals surface area contributed by atoms with Crippen LogP contribution in [0.5, 0.6) is 6.01 Å². The van der Waals surface area contributed by atoms with Gasteiger partial charge in [0.05, 0.1) is 35.6 Å². The predicted molar refractivity (Wildman–Crippen MR) is 105 cm³/mol. The Morgan fingerprint density at radius 2 is 1.64 bits per heavy atom. The van der Waals surface area contributed by atoms with Crippen LogP contribution < -0.4 is 10.1 Å². The van der Waals surface area contributed by atoms with Crippen LogP contribution in [-0.2, 0) is 12.4 Å². The van der Waals surface area contributed by atoms with Gasteiger partial charge in [-0.1, -0.05) is 0 Å². The summed E-state index contributed by atoms with van der Waals surface area (Å²) in [6, 6.07) is 6.57. The molecule has 0 radical (unpaired) electrons. The number of methoxy groups -OCH3 is 1. The Morgan fingerprint density at radius 3 is 2.27 bits per heavy atom. The molecule has 0 bridgehead atoms. The molecular formula is C20H12F6N6O. The van der Waals surface area contributed by atoms with Crippen LogP contribution in [0.2, 0.25) is 0 Å². The Labute approximate surface area is 181 Å². The van der Waals surface area contributed by atoms with Crippen molar-refractivity contribution < 1.29 is 31.1 Å². The largest absolute Gasteiger partial charge is 0.467 e. The fraction of sp³-hybridized carbons (Fsp3) is 0.150. The van der Waals surface area contributed by atoms with E-state index in [1.165, 1.54) is 31.5 Å². The monoisotopic (exact) mass is 466 g/mol. The summed E-state index contributed by atoms with van der Waals surface area (Å²) in [6.07, 6.45) is -7.06. The van der Waals surface area contributed by atoms with Crippen molar-refractivity contribution in [3.63, 3.8) is 0 Å². The zero-order valence-electron chi connectivity index (χ0n) is 16.5. The molecular weight excluding hydrogens is 454 g/mol. The van der Waals surface area contributed by atoms with Crippen molar-refractivity contribution >= 4 is 22.5 Å². The lowest BCUT2D eigenvalue weighted by molar-refractivity contribution is -0.141. The van der Waals surface area contributed by atoms with E-state index < -0.39 is 23.6 Å². The molecule has 4 heterocycles. The highest BCUT2D eigenvalue weighted by molar-refractivity contribution is 5.90. The number of nitrogens with zero attached hydrogens (tertiary/aromatic N) is 5. The average molecular weight is 466 g/mol. The first-order chi connectivity index (χ1) is 15.6. The maximum Gasteiger partial charge on any atom is 0.433 e. The van der Waals surface area contributed by atoms with Crippen LogP contribution in [-0.4, -0.2) is 32.0 Å². The molecule has 0 saturated carbocycles. The zero-order valence-corrected chi connectivity index (χ0v) is 16.5. The lowest BCUT2D eigenvalue weighted by Crippen LogP contribution is -2.09. The first-order valence-corrected chi connectivity index (χ1v) is 9.12. The Hall–Kier alpha value is -4.03. The molecule has 4 aromatic rings. The maximum atomic E-state index is 13.4. The lowest BCUT2D eigenvalue weighted by atomic mass is 10.1. The van der Waals surface area contributed by atoms with Crippen molar-refractivity contribution in [3.8, 4) is 17.4 Å². The summed E-state index contributed by atoms with van der Waals surface area (Å²) >= 11 is 0. The van der Waals surface area contributed by atoms with Gasteiger partial charge in [-0.3, -0.25) is 4.98 Å². The fourth-order valence-electron chi connectivity index (χ4n) is 2.92. The number of alkyl halides is 6. The van der Waals surface area contributed by atoms with Gasteiger partial charge >= 0.3 is 18.4 Å². The second-order valence-corrected chi connectivity index (χ2v) is 6.58. The van der Waals surface area contributed by atoms with Crippen LogP contribution in [0.15, 0.2) is 48.8 Å². The molecule has 1 N–H and O–H groups in total. The van der Waals surface area contributed by atoms with E-state index in [1.807, 2.05) is 0 Å². The minimum Gasteiger partial charge on any atom is -0.467 e. The van der Waals surface area contributed by atoms with Crippen molar-refractivity contribution in [3.05, 3.63) is 60.0 Å². The Bertz CT molecular complexity index is 1310. The van der Waals surface area contributed by atoms with Crippen LogP contribution in [0.25, 0.3) is 22.4 Å². The van der Waals surface area contributed by atoms with Crippen LogP contribution in [0.4, 0.5) is 37.8 Å². The molecule has 0 unspecified atom stereocenters. The Balaban J connectivity index is 1.77. The second-order valence-electron chi connectivity index (χ2n) is 6.58. The number of hydrogen-bond donors (Lipinski definition) is 1. The van der Waals surface area contributed by atoms with E-state index in [0.29, 0.717) is 0 Å². The van der Waals surface area contributed by atoms with Gasteiger partial charge in [0.25, 0.3) is 0 Å². The van der Waals surface area contributed by atoms with Crippen LogP contribution in [0.1, 0.15) is 11.3 Å². The number of rotatable bonds is 4. The molecule has 170 valence electrons. The molecule has 13 heteroatoms. The molecule has 0 aliphatic carbocycles. The van der Waals surface area contributed by atoms with Gasteiger partial charge in [-0.15, -0.1) is 0 Å². The lowest BCUT2D eigenvalue weighted by Gasteiger charge is -2.13. The third kappa shape index (κ3) is 4.61. The average Bonchev–Trinajstić information content (AvgIpc) is 2.77. The van der Waals surface area contributed by atoms with Crippen molar-refractivity contribution in [2.75, 3.05) is 12.4 Å². The summed E-state index contributed by atoms with van der Waals surface area (Å²) in [5.74, 6) is 0.106. The van der Waals surface area contributed by atoms with Gasteiger partial charge in [0.2, 0.25) is 0 Å². The molecule has 7 nitrogen and oxygen atoms in total. The van der Waals surface area contributed by atoms with Gasteiger partial charge < -0.3 is 10.1 Å². The van der Waals surface area contributed by atoms with E-state index in [2.05, 4.69) is 30.2 Å². The number of hydrogen-bond acceptors (Lipinski definition) is 7.